The van der Waals surface area contributed by atoms with E-state index < -0.39 is 0 Å². The minimum absolute atomic E-state index is 0.520. The van der Waals surface area contributed by atoms with Crippen LogP contribution < -0.4 is 4.74 Å². The number of hydrogen-bond donors (Lipinski definition) is 0. The van der Waals surface area contributed by atoms with Crippen molar-refractivity contribution in [1.29, 1.82) is 0 Å². The Kier molecular flexibility index (Phi) is 1.91. The van der Waals surface area contributed by atoms with E-state index >= 15 is 0 Å². The first-order chi connectivity index (χ1) is 6.40. The molecule has 2 aromatic heterocycles. The van der Waals surface area contributed by atoms with Gasteiger partial charge < -0.3 is 9.26 Å². The third-order valence-electron chi connectivity index (χ3n) is 1.53. The van der Waals surface area contributed by atoms with Crippen molar-refractivity contribution in [3.63, 3.8) is 0 Å². The van der Waals surface area contributed by atoms with Gasteiger partial charge in [0.15, 0.2) is 5.82 Å². The highest BCUT2D eigenvalue weighted by Crippen LogP contribution is 2.15. The van der Waals surface area contributed by atoms with Crippen molar-refractivity contribution in [1.82, 2.24) is 15.1 Å². The number of aromatic nitrogens is 3. The molecular weight excluding hydrogens is 170 g/mol. The van der Waals surface area contributed by atoms with Crippen molar-refractivity contribution in [3.05, 3.63) is 24.7 Å². The van der Waals surface area contributed by atoms with Gasteiger partial charge in [-0.15, -0.1) is 0 Å². The number of ether oxygens (including phenoxy) is 1. The van der Waals surface area contributed by atoms with Crippen molar-refractivity contribution in [3.8, 4) is 17.3 Å². The molecule has 0 fully saturated rings. The van der Waals surface area contributed by atoms with Crippen molar-refractivity contribution >= 4 is 0 Å². The largest absolute Gasteiger partial charge is 0.481 e. The molecule has 0 radical (unpaired) electrons. The quantitative estimate of drug-likeness (QED) is 0.688. The van der Waals surface area contributed by atoms with Crippen LogP contribution in [0.4, 0.5) is 0 Å². The minimum atomic E-state index is 0.520. The van der Waals surface area contributed by atoms with Crippen LogP contribution in [0, 0.1) is 0 Å². The minimum Gasteiger partial charge on any atom is -0.481 e. The van der Waals surface area contributed by atoms with E-state index in [1.54, 1.807) is 25.6 Å². The van der Waals surface area contributed by atoms with Crippen LogP contribution in [-0.2, 0) is 0 Å². The van der Waals surface area contributed by atoms with E-state index in [1.165, 1.54) is 6.26 Å². The Morgan fingerprint density at radius 1 is 1.46 bits per heavy atom. The molecule has 0 unspecified atom stereocenters. The zero-order valence-electron chi connectivity index (χ0n) is 6.97. The van der Waals surface area contributed by atoms with Gasteiger partial charge in [-0.2, -0.15) is 4.98 Å². The first-order valence-corrected chi connectivity index (χ1v) is 3.67. The summed E-state index contributed by atoms with van der Waals surface area (Å²) in [5.41, 5.74) is 0.735. The third kappa shape index (κ3) is 1.48. The SMILES string of the molecule is COc1ccnc(-c2cnoc2)n1. The average Bonchev–Trinajstić information content (AvgIpc) is 2.71. The molecule has 0 aliphatic heterocycles. The Labute approximate surface area is 74.4 Å². The van der Waals surface area contributed by atoms with Gasteiger partial charge in [0, 0.05) is 12.3 Å². The standard InChI is InChI=1S/C8H7N3O2/c1-12-7-2-3-9-8(11-7)6-4-10-13-5-6/h2-5H,1H3. The van der Waals surface area contributed by atoms with Crippen LogP contribution in [0.15, 0.2) is 29.2 Å². The summed E-state index contributed by atoms with van der Waals surface area (Å²) in [5, 5.41) is 3.56. The lowest BCUT2D eigenvalue weighted by Crippen LogP contribution is -1.91. The Hall–Kier alpha value is -1.91. The fraction of sp³-hybridized carbons (Fsp3) is 0.125. The van der Waals surface area contributed by atoms with Crippen LogP contribution in [0.3, 0.4) is 0 Å². The Morgan fingerprint density at radius 3 is 3.08 bits per heavy atom. The number of methoxy groups -OCH3 is 1. The maximum Gasteiger partial charge on any atom is 0.216 e. The van der Waals surface area contributed by atoms with E-state index in [0.29, 0.717) is 11.7 Å². The second-order valence-corrected chi connectivity index (χ2v) is 2.34. The third-order valence-corrected chi connectivity index (χ3v) is 1.53. The topological polar surface area (TPSA) is 61.0 Å². The highest BCUT2D eigenvalue weighted by molar-refractivity contribution is 5.51. The van der Waals surface area contributed by atoms with E-state index in [4.69, 9.17) is 4.74 Å². The van der Waals surface area contributed by atoms with Gasteiger partial charge in [0.25, 0.3) is 0 Å². The molecule has 2 aromatic rings. The Morgan fingerprint density at radius 2 is 2.38 bits per heavy atom. The second-order valence-electron chi connectivity index (χ2n) is 2.34. The fourth-order valence-corrected chi connectivity index (χ4v) is 0.910. The summed E-state index contributed by atoms with van der Waals surface area (Å²) in [6, 6.07) is 1.68. The molecule has 0 N–H and O–H groups in total. The summed E-state index contributed by atoms with van der Waals surface area (Å²) < 4.78 is 9.62. The molecule has 0 aliphatic carbocycles. The highest BCUT2D eigenvalue weighted by atomic mass is 16.5. The predicted molar refractivity (Wildman–Crippen MR) is 44.1 cm³/mol. The average molecular weight is 177 g/mol. The molecular formula is C8H7N3O2. The van der Waals surface area contributed by atoms with Gasteiger partial charge in [-0.3, -0.25) is 0 Å². The zero-order valence-corrected chi connectivity index (χ0v) is 6.97. The summed E-state index contributed by atoms with van der Waals surface area (Å²) in [6.45, 7) is 0. The number of rotatable bonds is 2. The van der Waals surface area contributed by atoms with E-state index in [-0.39, 0.29) is 0 Å². The van der Waals surface area contributed by atoms with Gasteiger partial charge in [-0.25, -0.2) is 4.98 Å². The Bertz CT molecular complexity index is 386. The smallest absolute Gasteiger partial charge is 0.216 e. The lowest BCUT2D eigenvalue weighted by Gasteiger charge is -1.98. The molecule has 2 rings (SSSR count). The number of hydrogen-bond acceptors (Lipinski definition) is 5. The highest BCUT2D eigenvalue weighted by Gasteiger charge is 2.03. The van der Waals surface area contributed by atoms with Crippen molar-refractivity contribution in [2.24, 2.45) is 0 Å². The molecule has 66 valence electrons. The van der Waals surface area contributed by atoms with Crippen molar-refractivity contribution in [2.75, 3.05) is 7.11 Å². The lowest BCUT2D eigenvalue weighted by molar-refractivity contribution is 0.397. The molecule has 0 saturated carbocycles. The summed E-state index contributed by atoms with van der Waals surface area (Å²) in [5.74, 6) is 1.06. The predicted octanol–water partition coefficient (Wildman–Crippen LogP) is 1.14. The van der Waals surface area contributed by atoms with E-state index in [0.717, 1.165) is 5.56 Å². The van der Waals surface area contributed by atoms with Gasteiger partial charge >= 0.3 is 0 Å². The normalized spacial score (nSPS) is 9.92. The molecule has 2 heterocycles. The van der Waals surface area contributed by atoms with Crippen LogP contribution in [0.5, 0.6) is 5.88 Å². The van der Waals surface area contributed by atoms with Gasteiger partial charge in [0.1, 0.15) is 6.26 Å². The van der Waals surface area contributed by atoms with Crippen molar-refractivity contribution < 1.29 is 9.26 Å². The summed E-state index contributed by atoms with van der Waals surface area (Å²) >= 11 is 0. The van der Waals surface area contributed by atoms with Crippen molar-refractivity contribution in [2.45, 2.75) is 0 Å². The zero-order chi connectivity index (χ0) is 9.10. The first kappa shape index (κ1) is 7.72. The molecule has 5 nitrogen and oxygen atoms in total. The van der Waals surface area contributed by atoms with E-state index in [9.17, 15) is 0 Å². The summed E-state index contributed by atoms with van der Waals surface area (Å²) in [4.78, 5) is 8.14. The molecule has 0 aromatic carbocycles. The fourth-order valence-electron chi connectivity index (χ4n) is 0.910. The van der Waals surface area contributed by atoms with Gasteiger partial charge in [0.2, 0.25) is 5.88 Å². The molecule has 5 heteroatoms. The monoisotopic (exact) mass is 177 g/mol. The van der Waals surface area contributed by atoms with Crippen LogP contribution in [-0.4, -0.2) is 22.2 Å². The van der Waals surface area contributed by atoms with Gasteiger partial charge in [0.05, 0.1) is 18.9 Å². The summed E-state index contributed by atoms with van der Waals surface area (Å²) in [7, 11) is 1.56. The van der Waals surface area contributed by atoms with Crippen LogP contribution in [0.25, 0.3) is 11.4 Å². The van der Waals surface area contributed by atoms with Gasteiger partial charge in [-0.1, -0.05) is 5.16 Å². The molecule has 13 heavy (non-hydrogen) atoms. The molecule has 0 aliphatic rings. The van der Waals surface area contributed by atoms with Crippen LogP contribution in [0.1, 0.15) is 0 Å². The first-order valence-electron chi connectivity index (χ1n) is 3.67. The molecule has 0 bridgehead atoms. The molecule has 0 saturated heterocycles. The Balaban J connectivity index is 2.41. The van der Waals surface area contributed by atoms with Crippen LogP contribution >= 0.6 is 0 Å². The van der Waals surface area contributed by atoms with Gasteiger partial charge in [-0.05, 0) is 0 Å². The lowest BCUT2D eigenvalue weighted by atomic mass is 10.3. The maximum atomic E-state index is 4.95. The van der Waals surface area contributed by atoms with E-state index in [2.05, 4.69) is 19.6 Å². The van der Waals surface area contributed by atoms with Crippen LogP contribution in [0.2, 0.25) is 0 Å². The molecule has 0 amide bonds. The number of nitrogens with zero attached hydrogens (tertiary/aromatic N) is 3. The second kappa shape index (κ2) is 3.22. The molecule has 0 atom stereocenters. The maximum absolute atomic E-state index is 4.95. The van der Waals surface area contributed by atoms with E-state index in [1.807, 2.05) is 0 Å². The molecule has 0 spiro atoms. The summed E-state index contributed by atoms with van der Waals surface area (Å²) in [6.07, 6.45) is 4.65.